The first-order valence-corrected chi connectivity index (χ1v) is 7.32. The maximum atomic E-state index is 5.38. The molecule has 18 heavy (non-hydrogen) atoms. The molecule has 0 saturated heterocycles. The van der Waals surface area contributed by atoms with E-state index >= 15 is 0 Å². The lowest BCUT2D eigenvalue weighted by atomic mass is 10.1. The minimum atomic E-state index is 0.469. The molecule has 0 aliphatic rings. The topological polar surface area (TPSA) is 39.1 Å². The number of ether oxygens (including phenoxy) is 1. The molecule has 0 radical (unpaired) electrons. The van der Waals surface area contributed by atoms with Gasteiger partial charge in [-0.15, -0.1) is 0 Å². The van der Waals surface area contributed by atoms with E-state index in [4.69, 9.17) is 4.74 Å². The van der Waals surface area contributed by atoms with Crippen LogP contribution in [0.2, 0.25) is 0 Å². The number of halogens is 1. The van der Waals surface area contributed by atoms with E-state index in [0.29, 0.717) is 6.04 Å². The van der Waals surface area contributed by atoms with Gasteiger partial charge in [-0.3, -0.25) is 4.68 Å². The average Bonchev–Trinajstić information content (AvgIpc) is 2.59. The SMILES string of the molecule is CCOCCCC(Cc1c(Br)c(C)nn1C)NC. The number of rotatable bonds is 8. The number of aromatic nitrogens is 2. The van der Waals surface area contributed by atoms with E-state index in [1.807, 2.05) is 32.6 Å². The van der Waals surface area contributed by atoms with Crippen molar-refractivity contribution >= 4 is 15.9 Å². The van der Waals surface area contributed by atoms with Gasteiger partial charge in [0.2, 0.25) is 0 Å². The maximum Gasteiger partial charge on any atom is 0.0738 e. The van der Waals surface area contributed by atoms with Crippen molar-refractivity contribution in [3.05, 3.63) is 15.9 Å². The standard InChI is InChI=1S/C13H24BrN3O/c1-5-18-8-6-7-11(15-3)9-12-13(14)10(2)16-17(12)4/h11,15H,5-9H2,1-4H3. The lowest BCUT2D eigenvalue weighted by Crippen LogP contribution is -2.29. The van der Waals surface area contributed by atoms with Gasteiger partial charge in [-0.2, -0.15) is 5.10 Å². The lowest BCUT2D eigenvalue weighted by molar-refractivity contribution is 0.141. The number of nitrogens with one attached hydrogen (secondary N) is 1. The molecular weight excluding hydrogens is 294 g/mol. The highest BCUT2D eigenvalue weighted by Crippen LogP contribution is 2.22. The molecule has 0 fully saturated rings. The third-order valence-corrected chi connectivity index (χ3v) is 4.19. The monoisotopic (exact) mass is 317 g/mol. The van der Waals surface area contributed by atoms with E-state index in [-0.39, 0.29) is 0 Å². The van der Waals surface area contributed by atoms with E-state index in [1.54, 1.807) is 0 Å². The molecule has 0 spiro atoms. The molecule has 5 heteroatoms. The van der Waals surface area contributed by atoms with Gasteiger partial charge in [0.1, 0.15) is 0 Å². The predicted octanol–water partition coefficient (Wildman–Crippen LogP) is 2.44. The number of aryl methyl sites for hydroxylation is 2. The van der Waals surface area contributed by atoms with Crippen LogP contribution in [0.15, 0.2) is 4.47 Å². The molecule has 1 N–H and O–H groups in total. The Kier molecular flexibility index (Phi) is 6.89. The van der Waals surface area contributed by atoms with Gasteiger partial charge >= 0.3 is 0 Å². The molecule has 1 unspecified atom stereocenters. The van der Waals surface area contributed by atoms with Gasteiger partial charge in [0.05, 0.1) is 15.9 Å². The van der Waals surface area contributed by atoms with E-state index in [0.717, 1.165) is 42.6 Å². The molecule has 0 saturated carbocycles. The molecule has 1 aromatic rings. The van der Waals surface area contributed by atoms with Crippen LogP contribution in [-0.2, 0) is 18.2 Å². The first-order valence-electron chi connectivity index (χ1n) is 6.53. The Hall–Kier alpha value is -0.390. The van der Waals surface area contributed by atoms with Crippen molar-refractivity contribution < 1.29 is 4.74 Å². The number of hydrogen-bond donors (Lipinski definition) is 1. The summed E-state index contributed by atoms with van der Waals surface area (Å²) in [5.74, 6) is 0. The zero-order chi connectivity index (χ0) is 13.5. The van der Waals surface area contributed by atoms with Crippen molar-refractivity contribution in [1.29, 1.82) is 0 Å². The molecule has 0 aliphatic carbocycles. The van der Waals surface area contributed by atoms with E-state index in [1.165, 1.54) is 5.69 Å². The second kappa shape index (κ2) is 7.92. The van der Waals surface area contributed by atoms with Crippen molar-refractivity contribution in [2.75, 3.05) is 20.3 Å². The second-order valence-corrected chi connectivity index (χ2v) is 5.29. The summed E-state index contributed by atoms with van der Waals surface area (Å²) >= 11 is 3.62. The van der Waals surface area contributed by atoms with E-state index in [9.17, 15) is 0 Å². The number of likely N-dealkylation sites (N-methyl/N-ethyl adjacent to an activating group) is 1. The third kappa shape index (κ3) is 4.37. The Bertz CT molecular complexity index is 365. The highest BCUT2D eigenvalue weighted by atomic mass is 79.9. The van der Waals surface area contributed by atoms with Crippen LogP contribution in [0.3, 0.4) is 0 Å². The molecule has 0 aliphatic heterocycles. The average molecular weight is 318 g/mol. The van der Waals surface area contributed by atoms with Gasteiger partial charge in [-0.05, 0) is 49.7 Å². The van der Waals surface area contributed by atoms with Crippen LogP contribution in [-0.4, -0.2) is 36.1 Å². The summed E-state index contributed by atoms with van der Waals surface area (Å²) in [4.78, 5) is 0. The van der Waals surface area contributed by atoms with Gasteiger partial charge in [0, 0.05) is 32.7 Å². The summed E-state index contributed by atoms with van der Waals surface area (Å²) < 4.78 is 8.47. The second-order valence-electron chi connectivity index (χ2n) is 4.50. The Morgan fingerprint density at radius 3 is 2.72 bits per heavy atom. The minimum Gasteiger partial charge on any atom is -0.382 e. The normalized spacial score (nSPS) is 12.9. The van der Waals surface area contributed by atoms with Crippen molar-refractivity contribution in [2.45, 2.75) is 39.2 Å². The summed E-state index contributed by atoms with van der Waals surface area (Å²) in [5, 5.41) is 7.80. The summed E-state index contributed by atoms with van der Waals surface area (Å²) in [6.45, 7) is 5.71. The van der Waals surface area contributed by atoms with E-state index in [2.05, 4.69) is 26.3 Å². The van der Waals surface area contributed by atoms with Gasteiger partial charge in [0.15, 0.2) is 0 Å². The molecule has 0 amide bonds. The van der Waals surface area contributed by atoms with Crippen molar-refractivity contribution in [3.63, 3.8) is 0 Å². The van der Waals surface area contributed by atoms with Crippen LogP contribution in [0.4, 0.5) is 0 Å². The molecule has 1 heterocycles. The van der Waals surface area contributed by atoms with Gasteiger partial charge in [-0.25, -0.2) is 0 Å². The smallest absolute Gasteiger partial charge is 0.0738 e. The van der Waals surface area contributed by atoms with Crippen molar-refractivity contribution in [1.82, 2.24) is 15.1 Å². The van der Waals surface area contributed by atoms with Crippen LogP contribution >= 0.6 is 15.9 Å². The molecule has 1 aromatic heterocycles. The Labute approximate surface area is 118 Å². The number of nitrogens with zero attached hydrogens (tertiary/aromatic N) is 2. The zero-order valence-electron chi connectivity index (χ0n) is 11.8. The summed E-state index contributed by atoms with van der Waals surface area (Å²) in [6.07, 6.45) is 3.20. The van der Waals surface area contributed by atoms with Crippen LogP contribution in [0.25, 0.3) is 0 Å². The maximum absolute atomic E-state index is 5.38. The van der Waals surface area contributed by atoms with Crippen molar-refractivity contribution in [2.24, 2.45) is 7.05 Å². The molecular formula is C13H24BrN3O. The summed E-state index contributed by atoms with van der Waals surface area (Å²) in [7, 11) is 4.02. The van der Waals surface area contributed by atoms with Gasteiger partial charge in [-0.1, -0.05) is 0 Å². The molecule has 4 nitrogen and oxygen atoms in total. The third-order valence-electron chi connectivity index (χ3n) is 3.16. The van der Waals surface area contributed by atoms with Crippen LogP contribution < -0.4 is 5.32 Å². The highest BCUT2D eigenvalue weighted by molar-refractivity contribution is 9.10. The molecule has 1 rings (SSSR count). The molecule has 0 aromatic carbocycles. The first kappa shape index (κ1) is 15.7. The van der Waals surface area contributed by atoms with Gasteiger partial charge in [0.25, 0.3) is 0 Å². The quantitative estimate of drug-likeness (QED) is 0.748. The van der Waals surface area contributed by atoms with Crippen LogP contribution in [0.1, 0.15) is 31.2 Å². The fraction of sp³-hybridized carbons (Fsp3) is 0.769. The molecule has 104 valence electrons. The Balaban J connectivity index is 2.51. The van der Waals surface area contributed by atoms with Gasteiger partial charge < -0.3 is 10.1 Å². The van der Waals surface area contributed by atoms with Crippen LogP contribution in [0, 0.1) is 6.92 Å². The summed E-state index contributed by atoms with van der Waals surface area (Å²) in [6, 6.07) is 0.469. The molecule has 0 bridgehead atoms. The van der Waals surface area contributed by atoms with Crippen LogP contribution in [0.5, 0.6) is 0 Å². The summed E-state index contributed by atoms with van der Waals surface area (Å²) in [5.41, 5.74) is 2.31. The van der Waals surface area contributed by atoms with Crippen molar-refractivity contribution in [3.8, 4) is 0 Å². The molecule has 1 atom stereocenters. The first-order chi connectivity index (χ1) is 8.60. The zero-order valence-corrected chi connectivity index (χ0v) is 13.4. The Morgan fingerprint density at radius 1 is 1.50 bits per heavy atom. The fourth-order valence-electron chi connectivity index (χ4n) is 2.06. The predicted molar refractivity (Wildman–Crippen MR) is 77.9 cm³/mol. The lowest BCUT2D eigenvalue weighted by Gasteiger charge is -2.16. The number of hydrogen-bond acceptors (Lipinski definition) is 3. The van der Waals surface area contributed by atoms with E-state index < -0.39 is 0 Å². The largest absolute Gasteiger partial charge is 0.382 e. The minimum absolute atomic E-state index is 0.469. The fourth-order valence-corrected chi connectivity index (χ4v) is 2.56. The Morgan fingerprint density at radius 2 is 2.22 bits per heavy atom. The highest BCUT2D eigenvalue weighted by Gasteiger charge is 2.15.